The maximum atomic E-state index is 13.5. The lowest BCUT2D eigenvalue weighted by molar-refractivity contribution is -0.119. The highest BCUT2D eigenvalue weighted by molar-refractivity contribution is 9.10. The Labute approximate surface area is 263 Å². The van der Waals surface area contributed by atoms with Gasteiger partial charge in [0.2, 0.25) is 0 Å². The molecule has 0 saturated heterocycles. The standard InChI is InChI=1S/C30H26BrCl2N3O5S/c1-20-7-13-24(14-8-20)42(38,39)36(27-6-4-3-5-26(27)33)18-29(37)35-34-17-22-15-25(31)30(28(16-22)40-2)41-19-21-9-11-23(32)12-10-21/h3-17H,18-19H2,1-2H3,(H,35,37)/b34-17-. The quantitative estimate of drug-likeness (QED) is 0.135. The van der Waals surface area contributed by atoms with E-state index >= 15 is 0 Å². The van der Waals surface area contributed by atoms with Gasteiger partial charge in [0.25, 0.3) is 15.9 Å². The summed E-state index contributed by atoms with van der Waals surface area (Å²) in [5.74, 6) is 0.265. The second-order valence-electron chi connectivity index (χ2n) is 9.02. The molecule has 0 atom stereocenters. The summed E-state index contributed by atoms with van der Waals surface area (Å²) in [7, 11) is -2.61. The molecule has 218 valence electrons. The molecule has 4 rings (SSSR count). The van der Waals surface area contributed by atoms with Gasteiger partial charge in [-0.05, 0) is 82.5 Å². The summed E-state index contributed by atoms with van der Waals surface area (Å²) < 4.78 is 40.1. The first-order valence-electron chi connectivity index (χ1n) is 12.5. The van der Waals surface area contributed by atoms with Crippen LogP contribution in [0.1, 0.15) is 16.7 Å². The third-order valence-electron chi connectivity index (χ3n) is 5.97. The van der Waals surface area contributed by atoms with Crippen molar-refractivity contribution in [2.75, 3.05) is 18.0 Å². The number of ether oxygens (including phenoxy) is 2. The van der Waals surface area contributed by atoms with E-state index in [1.165, 1.54) is 31.5 Å². The number of hydrazone groups is 1. The molecule has 0 saturated carbocycles. The summed E-state index contributed by atoms with van der Waals surface area (Å²) in [6, 6.07) is 23.5. The highest BCUT2D eigenvalue weighted by Crippen LogP contribution is 2.37. The monoisotopic (exact) mass is 689 g/mol. The van der Waals surface area contributed by atoms with Gasteiger partial charge >= 0.3 is 0 Å². The normalized spacial score (nSPS) is 11.4. The Morgan fingerprint density at radius 3 is 2.38 bits per heavy atom. The number of sulfonamides is 1. The van der Waals surface area contributed by atoms with Gasteiger partial charge in [0.05, 0.1) is 33.4 Å². The fraction of sp³-hybridized carbons (Fsp3) is 0.133. The second kappa shape index (κ2) is 14.1. The highest BCUT2D eigenvalue weighted by Gasteiger charge is 2.28. The van der Waals surface area contributed by atoms with Crippen molar-refractivity contribution in [3.63, 3.8) is 0 Å². The zero-order valence-electron chi connectivity index (χ0n) is 22.6. The maximum Gasteiger partial charge on any atom is 0.264 e. The smallest absolute Gasteiger partial charge is 0.264 e. The highest BCUT2D eigenvalue weighted by atomic mass is 79.9. The van der Waals surface area contributed by atoms with Crippen molar-refractivity contribution in [2.24, 2.45) is 5.10 Å². The van der Waals surface area contributed by atoms with Crippen molar-refractivity contribution in [2.45, 2.75) is 18.4 Å². The van der Waals surface area contributed by atoms with Crippen LogP contribution in [-0.4, -0.2) is 34.2 Å². The van der Waals surface area contributed by atoms with Crippen LogP contribution < -0.4 is 19.2 Å². The van der Waals surface area contributed by atoms with Crippen LogP contribution in [0.25, 0.3) is 0 Å². The molecule has 0 spiro atoms. The number of amides is 1. The first-order chi connectivity index (χ1) is 20.1. The molecule has 0 radical (unpaired) electrons. The number of hydrogen-bond acceptors (Lipinski definition) is 6. The van der Waals surface area contributed by atoms with Gasteiger partial charge in [0.15, 0.2) is 11.5 Å². The average molecular weight is 691 g/mol. The van der Waals surface area contributed by atoms with Gasteiger partial charge < -0.3 is 9.47 Å². The Balaban J connectivity index is 1.49. The van der Waals surface area contributed by atoms with Crippen LogP contribution in [0.5, 0.6) is 11.5 Å². The molecule has 1 N–H and O–H groups in total. The number of methoxy groups -OCH3 is 1. The van der Waals surface area contributed by atoms with E-state index in [0.717, 1.165) is 15.4 Å². The number of benzene rings is 4. The molecule has 0 heterocycles. The van der Waals surface area contributed by atoms with Crippen LogP contribution in [0, 0.1) is 6.92 Å². The van der Waals surface area contributed by atoms with E-state index in [1.54, 1.807) is 54.6 Å². The molecular weight excluding hydrogens is 665 g/mol. The molecule has 0 aliphatic rings. The molecule has 0 fully saturated rings. The molecule has 4 aromatic carbocycles. The van der Waals surface area contributed by atoms with Gasteiger partial charge in [-0.1, -0.05) is 65.2 Å². The van der Waals surface area contributed by atoms with Crippen LogP contribution in [-0.2, 0) is 21.4 Å². The van der Waals surface area contributed by atoms with Crippen molar-refractivity contribution < 1.29 is 22.7 Å². The largest absolute Gasteiger partial charge is 0.493 e. The predicted molar refractivity (Wildman–Crippen MR) is 169 cm³/mol. The Hall–Kier alpha value is -3.57. The van der Waals surface area contributed by atoms with Crippen molar-refractivity contribution in [1.29, 1.82) is 0 Å². The number of hydrogen-bond donors (Lipinski definition) is 1. The van der Waals surface area contributed by atoms with E-state index in [4.69, 9.17) is 32.7 Å². The molecular formula is C30H26BrCl2N3O5S. The zero-order valence-corrected chi connectivity index (χ0v) is 26.5. The Kier molecular flexibility index (Phi) is 10.5. The van der Waals surface area contributed by atoms with Gasteiger partial charge in [0.1, 0.15) is 13.2 Å². The third kappa shape index (κ3) is 7.83. The molecule has 42 heavy (non-hydrogen) atoms. The van der Waals surface area contributed by atoms with Gasteiger partial charge in [-0.3, -0.25) is 9.10 Å². The van der Waals surface area contributed by atoms with Crippen LogP contribution in [0.4, 0.5) is 5.69 Å². The molecule has 0 aliphatic carbocycles. The molecule has 0 bridgehead atoms. The van der Waals surface area contributed by atoms with Gasteiger partial charge in [0, 0.05) is 5.02 Å². The molecule has 4 aromatic rings. The number of anilines is 1. The van der Waals surface area contributed by atoms with Crippen LogP contribution in [0.3, 0.4) is 0 Å². The van der Waals surface area contributed by atoms with E-state index in [2.05, 4.69) is 26.5 Å². The van der Waals surface area contributed by atoms with E-state index in [-0.39, 0.29) is 15.6 Å². The maximum absolute atomic E-state index is 13.5. The first kappa shape index (κ1) is 31.4. The number of carbonyl (C=O) groups excluding carboxylic acids is 1. The van der Waals surface area contributed by atoms with Crippen LogP contribution in [0.2, 0.25) is 10.0 Å². The second-order valence-corrected chi connectivity index (χ2v) is 12.6. The van der Waals surface area contributed by atoms with Crippen molar-refractivity contribution in [3.8, 4) is 11.5 Å². The predicted octanol–water partition coefficient (Wildman–Crippen LogP) is 7.00. The summed E-state index contributed by atoms with van der Waals surface area (Å²) in [6.45, 7) is 1.59. The van der Waals surface area contributed by atoms with Crippen molar-refractivity contribution >= 4 is 67.0 Å². The number of carbonyl (C=O) groups is 1. The Bertz CT molecular complexity index is 1700. The summed E-state index contributed by atoms with van der Waals surface area (Å²) in [5, 5.41) is 4.83. The average Bonchev–Trinajstić information content (AvgIpc) is 2.96. The zero-order chi connectivity index (χ0) is 30.3. The molecule has 1 amide bonds. The minimum atomic E-state index is -4.12. The fourth-order valence-corrected chi connectivity index (χ4v) is 6.25. The number of para-hydroxylation sites is 1. The lowest BCUT2D eigenvalue weighted by atomic mass is 10.2. The Morgan fingerprint density at radius 1 is 1.02 bits per heavy atom. The van der Waals surface area contributed by atoms with E-state index in [1.807, 2.05) is 19.1 Å². The van der Waals surface area contributed by atoms with Gasteiger partial charge in [-0.25, -0.2) is 13.8 Å². The first-order valence-corrected chi connectivity index (χ1v) is 15.5. The number of rotatable bonds is 11. The van der Waals surface area contributed by atoms with Crippen LogP contribution >= 0.6 is 39.1 Å². The number of nitrogens with one attached hydrogen (secondary N) is 1. The van der Waals surface area contributed by atoms with E-state index in [9.17, 15) is 13.2 Å². The van der Waals surface area contributed by atoms with E-state index in [0.29, 0.717) is 33.2 Å². The van der Waals surface area contributed by atoms with Gasteiger partial charge in [-0.2, -0.15) is 5.10 Å². The molecule has 0 unspecified atom stereocenters. The van der Waals surface area contributed by atoms with Crippen molar-refractivity contribution in [3.05, 3.63) is 116 Å². The number of halogens is 3. The lowest BCUT2D eigenvalue weighted by Gasteiger charge is -2.24. The number of nitrogens with zero attached hydrogens (tertiary/aromatic N) is 2. The third-order valence-corrected chi connectivity index (χ3v) is 8.90. The summed E-state index contributed by atoms with van der Waals surface area (Å²) in [5.41, 5.74) is 4.97. The SMILES string of the molecule is COc1cc(/C=N\NC(=O)CN(c2ccccc2Cl)S(=O)(=O)c2ccc(C)cc2)cc(Br)c1OCc1ccc(Cl)cc1. The molecule has 0 aliphatic heterocycles. The van der Waals surface area contributed by atoms with E-state index < -0.39 is 22.5 Å². The lowest BCUT2D eigenvalue weighted by Crippen LogP contribution is -2.39. The summed E-state index contributed by atoms with van der Waals surface area (Å²) >= 11 is 15.8. The van der Waals surface area contributed by atoms with Crippen molar-refractivity contribution in [1.82, 2.24) is 5.43 Å². The summed E-state index contributed by atoms with van der Waals surface area (Å²) in [4.78, 5) is 12.9. The molecule has 0 aromatic heterocycles. The van der Waals surface area contributed by atoms with Crippen LogP contribution in [0.15, 0.2) is 99.4 Å². The fourth-order valence-electron chi connectivity index (χ4n) is 3.83. The molecule has 12 heteroatoms. The minimum Gasteiger partial charge on any atom is -0.493 e. The molecule has 8 nitrogen and oxygen atoms in total. The van der Waals surface area contributed by atoms with Gasteiger partial charge in [-0.15, -0.1) is 0 Å². The Morgan fingerprint density at radius 2 is 1.71 bits per heavy atom. The topological polar surface area (TPSA) is 97.3 Å². The summed E-state index contributed by atoms with van der Waals surface area (Å²) in [6.07, 6.45) is 1.41. The number of aryl methyl sites for hydroxylation is 1. The minimum absolute atomic E-state index is 0.0274.